The van der Waals surface area contributed by atoms with Gasteiger partial charge in [0.15, 0.2) is 0 Å². The van der Waals surface area contributed by atoms with E-state index in [9.17, 15) is 4.79 Å². The average Bonchev–Trinajstić information content (AvgIpc) is 3.19. The molecule has 2 aliphatic rings. The lowest BCUT2D eigenvalue weighted by molar-refractivity contribution is 0.0727. The number of likely N-dealkylation sites (tertiary alicyclic amines) is 1. The topological polar surface area (TPSA) is 63.9 Å². The van der Waals surface area contributed by atoms with Crippen molar-refractivity contribution in [3.8, 4) is 0 Å². The van der Waals surface area contributed by atoms with E-state index in [2.05, 4.69) is 15.0 Å². The van der Waals surface area contributed by atoms with Crippen molar-refractivity contribution in [1.29, 1.82) is 0 Å². The average molecular weight is 311 g/mol. The van der Waals surface area contributed by atoms with Gasteiger partial charge in [0.2, 0.25) is 0 Å². The van der Waals surface area contributed by atoms with Gasteiger partial charge in [-0.3, -0.25) is 4.79 Å². The summed E-state index contributed by atoms with van der Waals surface area (Å²) in [6.07, 6.45) is 9.66. The normalized spacial score (nSPS) is 21.0. The molecule has 6 nitrogen and oxygen atoms in total. The van der Waals surface area contributed by atoms with Crippen LogP contribution in [0.25, 0.3) is 0 Å². The Hall–Kier alpha value is -2.24. The van der Waals surface area contributed by atoms with Gasteiger partial charge in [-0.25, -0.2) is 15.0 Å². The van der Waals surface area contributed by atoms with Crippen LogP contribution >= 0.6 is 0 Å². The van der Waals surface area contributed by atoms with Crippen LogP contribution in [0.15, 0.2) is 18.6 Å². The molecule has 23 heavy (non-hydrogen) atoms. The van der Waals surface area contributed by atoms with E-state index in [1.807, 2.05) is 29.6 Å². The number of carbonyl (C=O) groups excluding carboxylic acids is 1. The Balaban J connectivity index is 1.57. The maximum Gasteiger partial charge on any atom is 0.257 e. The molecular formula is C17H21N5O. The number of nitrogens with zero attached hydrogens (tertiary/aromatic N) is 5. The van der Waals surface area contributed by atoms with E-state index in [1.54, 1.807) is 12.4 Å². The molecule has 0 aromatic carbocycles. The second-order valence-electron chi connectivity index (χ2n) is 6.61. The monoisotopic (exact) mass is 311 g/mol. The minimum absolute atomic E-state index is 0.00972. The standard InChI is InChI=1S/C17H21N5O/c1-11-10-21(2)16(20-11)14-4-3-7-22(14)17(23)13-8-18-15(19-9-13)12-5-6-12/h8-10,12,14H,3-7H2,1-2H3. The van der Waals surface area contributed by atoms with Crippen LogP contribution in [0.2, 0.25) is 0 Å². The van der Waals surface area contributed by atoms with Crippen LogP contribution in [0, 0.1) is 6.92 Å². The molecule has 120 valence electrons. The first-order valence-corrected chi connectivity index (χ1v) is 8.26. The van der Waals surface area contributed by atoms with Gasteiger partial charge < -0.3 is 9.47 Å². The Kier molecular flexibility index (Phi) is 3.39. The summed E-state index contributed by atoms with van der Waals surface area (Å²) in [6, 6.07) is 0.0457. The molecule has 2 fully saturated rings. The summed E-state index contributed by atoms with van der Waals surface area (Å²) in [5.41, 5.74) is 1.56. The maximum absolute atomic E-state index is 12.9. The molecular weight excluding hydrogens is 290 g/mol. The molecule has 3 heterocycles. The molecule has 1 aliphatic carbocycles. The molecule has 2 aromatic heterocycles. The van der Waals surface area contributed by atoms with Crippen molar-refractivity contribution in [3.05, 3.63) is 41.5 Å². The third-order valence-corrected chi connectivity index (χ3v) is 4.71. The van der Waals surface area contributed by atoms with Crippen LogP contribution in [0.3, 0.4) is 0 Å². The second kappa shape index (κ2) is 5.44. The fraction of sp³-hybridized carbons (Fsp3) is 0.529. The minimum atomic E-state index is 0.00972. The molecule has 6 heteroatoms. The third kappa shape index (κ3) is 2.62. The Labute approximate surface area is 135 Å². The molecule has 1 saturated carbocycles. The Bertz CT molecular complexity index is 732. The van der Waals surface area contributed by atoms with Crippen LogP contribution in [0.1, 0.15) is 65.3 Å². The van der Waals surface area contributed by atoms with Gasteiger partial charge in [-0.2, -0.15) is 0 Å². The predicted molar refractivity (Wildman–Crippen MR) is 85.0 cm³/mol. The summed E-state index contributed by atoms with van der Waals surface area (Å²) in [5, 5.41) is 0. The number of rotatable bonds is 3. The second-order valence-corrected chi connectivity index (χ2v) is 6.61. The lowest BCUT2D eigenvalue weighted by atomic mass is 10.2. The molecule has 4 rings (SSSR count). The lowest BCUT2D eigenvalue weighted by Crippen LogP contribution is -2.32. The SMILES string of the molecule is Cc1cn(C)c(C2CCCN2C(=O)c2cnc(C3CC3)nc2)n1. The fourth-order valence-corrected chi connectivity index (χ4v) is 3.39. The summed E-state index contributed by atoms with van der Waals surface area (Å²) >= 11 is 0. The molecule has 1 aliphatic heterocycles. The summed E-state index contributed by atoms with van der Waals surface area (Å²) in [7, 11) is 1.99. The van der Waals surface area contributed by atoms with Crippen LogP contribution in [-0.2, 0) is 7.05 Å². The van der Waals surface area contributed by atoms with Gasteiger partial charge >= 0.3 is 0 Å². The number of aryl methyl sites for hydroxylation is 2. The van der Waals surface area contributed by atoms with Crippen molar-refractivity contribution in [1.82, 2.24) is 24.4 Å². The highest BCUT2D eigenvalue weighted by Crippen LogP contribution is 2.38. The molecule has 1 amide bonds. The largest absolute Gasteiger partial charge is 0.336 e. The molecule has 0 spiro atoms. The maximum atomic E-state index is 12.9. The Morgan fingerprint density at radius 1 is 1.22 bits per heavy atom. The summed E-state index contributed by atoms with van der Waals surface area (Å²) < 4.78 is 2.03. The van der Waals surface area contributed by atoms with Crippen molar-refractivity contribution in [2.45, 2.75) is 44.6 Å². The van der Waals surface area contributed by atoms with E-state index in [-0.39, 0.29) is 11.9 Å². The smallest absolute Gasteiger partial charge is 0.257 e. The van der Waals surface area contributed by atoms with E-state index < -0.39 is 0 Å². The van der Waals surface area contributed by atoms with Crippen molar-refractivity contribution in [2.24, 2.45) is 7.05 Å². The zero-order valence-corrected chi connectivity index (χ0v) is 13.6. The van der Waals surface area contributed by atoms with Crippen molar-refractivity contribution in [2.75, 3.05) is 6.54 Å². The van der Waals surface area contributed by atoms with Gasteiger partial charge in [0, 0.05) is 38.1 Å². The number of imidazole rings is 1. The predicted octanol–water partition coefficient (Wildman–Crippen LogP) is 2.37. The van der Waals surface area contributed by atoms with Gasteiger partial charge in [-0.1, -0.05) is 0 Å². The molecule has 1 saturated heterocycles. The fourth-order valence-electron chi connectivity index (χ4n) is 3.39. The Morgan fingerprint density at radius 2 is 1.96 bits per heavy atom. The third-order valence-electron chi connectivity index (χ3n) is 4.71. The van der Waals surface area contributed by atoms with Crippen LogP contribution in [0.5, 0.6) is 0 Å². The number of carbonyl (C=O) groups is 1. The number of amides is 1. The van der Waals surface area contributed by atoms with E-state index in [1.165, 1.54) is 12.8 Å². The van der Waals surface area contributed by atoms with E-state index >= 15 is 0 Å². The highest BCUT2D eigenvalue weighted by atomic mass is 16.2. The molecule has 0 bridgehead atoms. The molecule has 1 atom stereocenters. The number of hydrogen-bond donors (Lipinski definition) is 0. The first-order chi connectivity index (χ1) is 11.1. The lowest BCUT2D eigenvalue weighted by Gasteiger charge is -2.24. The number of hydrogen-bond acceptors (Lipinski definition) is 4. The highest BCUT2D eigenvalue weighted by molar-refractivity contribution is 5.94. The van der Waals surface area contributed by atoms with Crippen molar-refractivity contribution >= 4 is 5.91 Å². The zero-order valence-electron chi connectivity index (χ0n) is 13.6. The van der Waals surface area contributed by atoms with Crippen LogP contribution in [-0.4, -0.2) is 36.9 Å². The Morgan fingerprint density at radius 3 is 2.57 bits per heavy atom. The van der Waals surface area contributed by atoms with E-state index in [0.29, 0.717) is 11.5 Å². The van der Waals surface area contributed by atoms with Crippen LogP contribution in [0.4, 0.5) is 0 Å². The highest BCUT2D eigenvalue weighted by Gasteiger charge is 2.34. The van der Waals surface area contributed by atoms with Gasteiger partial charge in [0.1, 0.15) is 11.6 Å². The molecule has 0 radical (unpaired) electrons. The zero-order chi connectivity index (χ0) is 16.0. The molecule has 2 aromatic rings. The quantitative estimate of drug-likeness (QED) is 0.873. The van der Waals surface area contributed by atoms with Gasteiger partial charge in [-0.15, -0.1) is 0 Å². The van der Waals surface area contributed by atoms with Crippen molar-refractivity contribution in [3.63, 3.8) is 0 Å². The summed E-state index contributed by atoms with van der Waals surface area (Å²) in [6.45, 7) is 2.74. The molecule has 1 unspecified atom stereocenters. The summed E-state index contributed by atoms with van der Waals surface area (Å²) in [5.74, 6) is 2.35. The summed E-state index contributed by atoms with van der Waals surface area (Å²) in [4.78, 5) is 28.1. The van der Waals surface area contributed by atoms with Gasteiger partial charge in [-0.05, 0) is 32.6 Å². The van der Waals surface area contributed by atoms with Crippen molar-refractivity contribution < 1.29 is 4.79 Å². The first-order valence-electron chi connectivity index (χ1n) is 8.26. The van der Waals surface area contributed by atoms with E-state index in [4.69, 9.17) is 0 Å². The van der Waals surface area contributed by atoms with E-state index in [0.717, 1.165) is 36.7 Å². The van der Waals surface area contributed by atoms with Gasteiger partial charge in [0.05, 0.1) is 17.3 Å². The number of aromatic nitrogens is 4. The first kappa shape index (κ1) is 14.4. The molecule has 0 N–H and O–H groups in total. The van der Waals surface area contributed by atoms with Crippen LogP contribution < -0.4 is 0 Å². The minimum Gasteiger partial charge on any atom is -0.336 e. The van der Waals surface area contributed by atoms with Gasteiger partial charge in [0.25, 0.3) is 5.91 Å².